The molecule has 3 rings (SSSR count). The van der Waals surface area contributed by atoms with Crippen LogP contribution >= 0.6 is 11.3 Å². The van der Waals surface area contributed by atoms with Gasteiger partial charge in [-0.15, -0.1) is 11.3 Å². The zero-order valence-electron chi connectivity index (χ0n) is 12.1. The van der Waals surface area contributed by atoms with Gasteiger partial charge in [0.1, 0.15) is 0 Å². The highest BCUT2D eigenvalue weighted by atomic mass is 32.1. The van der Waals surface area contributed by atoms with E-state index in [1.807, 2.05) is 17.7 Å². The lowest BCUT2D eigenvalue weighted by atomic mass is 9.94. The third kappa shape index (κ3) is 2.81. The van der Waals surface area contributed by atoms with Gasteiger partial charge >= 0.3 is 0 Å². The summed E-state index contributed by atoms with van der Waals surface area (Å²) in [4.78, 5) is 5.92. The number of imidazole rings is 1. The summed E-state index contributed by atoms with van der Waals surface area (Å²) in [6.07, 6.45) is 8.98. The maximum Gasteiger partial charge on any atom is 0.0954 e. The van der Waals surface area contributed by atoms with E-state index in [9.17, 15) is 0 Å². The molecule has 1 saturated heterocycles. The molecule has 1 N–H and O–H groups in total. The SMILES string of the molecule is CCCC(c1cccs1)n1cncc1C1CCNCC1. The number of nitrogens with zero attached hydrogens (tertiary/aromatic N) is 2. The number of nitrogens with one attached hydrogen (secondary N) is 1. The largest absolute Gasteiger partial charge is 0.326 e. The van der Waals surface area contributed by atoms with E-state index in [0.717, 1.165) is 13.1 Å². The van der Waals surface area contributed by atoms with Gasteiger partial charge in [0.2, 0.25) is 0 Å². The van der Waals surface area contributed by atoms with Gasteiger partial charge in [-0.1, -0.05) is 19.4 Å². The molecule has 3 nitrogen and oxygen atoms in total. The van der Waals surface area contributed by atoms with Crippen molar-refractivity contribution in [1.29, 1.82) is 0 Å². The first kappa shape index (κ1) is 13.8. The van der Waals surface area contributed by atoms with Gasteiger partial charge in [-0.05, 0) is 43.8 Å². The summed E-state index contributed by atoms with van der Waals surface area (Å²) >= 11 is 1.86. The topological polar surface area (TPSA) is 29.9 Å². The van der Waals surface area contributed by atoms with Gasteiger partial charge in [-0.2, -0.15) is 0 Å². The predicted octanol–water partition coefficient (Wildman–Crippen LogP) is 3.80. The molecule has 1 unspecified atom stereocenters. The maximum atomic E-state index is 4.46. The Morgan fingerprint density at radius 2 is 2.30 bits per heavy atom. The summed E-state index contributed by atoms with van der Waals surface area (Å²) in [7, 11) is 0. The van der Waals surface area contributed by atoms with Crippen LogP contribution in [0.2, 0.25) is 0 Å². The Morgan fingerprint density at radius 3 is 3.00 bits per heavy atom. The van der Waals surface area contributed by atoms with Crippen LogP contribution in [0.15, 0.2) is 30.0 Å². The Hall–Kier alpha value is -1.13. The standard InChI is InChI=1S/C16H23N3S/c1-2-4-14(16-5-3-10-20-16)19-12-18-11-15(19)13-6-8-17-9-7-13/h3,5,10-14,17H,2,4,6-9H2,1H3. The smallest absolute Gasteiger partial charge is 0.0954 e. The highest BCUT2D eigenvalue weighted by molar-refractivity contribution is 7.10. The summed E-state index contributed by atoms with van der Waals surface area (Å²) in [6, 6.07) is 4.88. The Bertz CT molecular complexity index is 512. The molecule has 0 amide bonds. The second-order valence-corrected chi connectivity index (χ2v) is 6.55. The molecule has 2 aromatic heterocycles. The summed E-state index contributed by atoms with van der Waals surface area (Å²) in [5.74, 6) is 0.665. The molecule has 1 aliphatic rings. The van der Waals surface area contributed by atoms with Gasteiger partial charge in [-0.25, -0.2) is 4.98 Å². The van der Waals surface area contributed by atoms with E-state index in [1.54, 1.807) is 0 Å². The zero-order chi connectivity index (χ0) is 13.8. The van der Waals surface area contributed by atoms with Crippen LogP contribution in [0.5, 0.6) is 0 Å². The van der Waals surface area contributed by atoms with Gasteiger partial charge in [-0.3, -0.25) is 0 Å². The molecule has 0 radical (unpaired) electrons. The van der Waals surface area contributed by atoms with Gasteiger partial charge < -0.3 is 9.88 Å². The normalized spacial score (nSPS) is 18.2. The minimum Gasteiger partial charge on any atom is -0.326 e. The van der Waals surface area contributed by atoms with E-state index < -0.39 is 0 Å². The van der Waals surface area contributed by atoms with Crippen LogP contribution in [0, 0.1) is 0 Å². The predicted molar refractivity (Wildman–Crippen MR) is 84.4 cm³/mol. The summed E-state index contributed by atoms with van der Waals surface area (Å²) in [5.41, 5.74) is 1.43. The van der Waals surface area contributed by atoms with Crippen LogP contribution in [0.1, 0.15) is 55.1 Å². The van der Waals surface area contributed by atoms with Crippen molar-refractivity contribution in [3.05, 3.63) is 40.6 Å². The Morgan fingerprint density at radius 1 is 1.45 bits per heavy atom. The van der Waals surface area contributed by atoms with Gasteiger partial charge in [0.05, 0.1) is 12.4 Å². The number of rotatable bonds is 5. The van der Waals surface area contributed by atoms with Crippen molar-refractivity contribution in [3.8, 4) is 0 Å². The molecule has 0 saturated carbocycles. The first-order chi connectivity index (χ1) is 9.90. The van der Waals surface area contributed by atoms with Crippen molar-refractivity contribution < 1.29 is 0 Å². The Labute approximate surface area is 125 Å². The number of aromatic nitrogens is 2. The molecule has 2 aromatic rings. The monoisotopic (exact) mass is 289 g/mol. The number of piperidine rings is 1. The van der Waals surface area contributed by atoms with Crippen molar-refractivity contribution in [2.75, 3.05) is 13.1 Å². The van der Waals surface area contributed by atoms with Crippen LogP contribution in [-0.2, 0) is 0 Å². The van der Waals surface area contributed by atoms with E-state index in [-0.39, 0.29) is 0 Å². The van der Waals surface area contributed by atoms with E-state index in [1.165, 1.54) is 36.3 Å². The van der Waals surface area contributed by atoms with Crippen LogP contribution in [0.4, 0.5) is 0 Å². The van der Waals surface area contributed by atoms with E-state index in [4.69, 9.17) is 0 Å². The highest BCUT2D eigenvalue weighted by Gasteiger charge is 2.23. The molecule has 0 spiro atoms. The third-order valence-electron chi connectivity index (χ3n) is 4.22. The first-order valence-corrected chi connectivity index (χ1v) is 8.54. The minimum absolute atomic E-state index is 0.465. The molecule has 108 valence electrons. The van der Waals surface area contributed by atoms with Crippen molar-refractivity contribution in [2.24, 2.45) is 0 Å². The van der Waals surface area contributed by atoms with E-state index >= 15 is 0 Å². The van der Waals surface area contributed by atoms with Crippen LogP contribution in [0.3, 0.4) is 0 Å². The van der Waals surface area contributed by atoms with Crippen molar-refractivity contribution >= 4 is 11.3 Å². The molecular formula is C16H23N3S. The Balaban J connectivity index is 1.89. The van der Waals surface area contributed by atoms with Gasteiger partial charge in [0, 0.05) is 22.7 Å². The highest BCUT2D eigenvalue weighted by Crippen LogP contribution is 2.33. The summed E-state index contributed by atoms with van der Waals surface area (Å²) in [6.45, 7) is 4.53. The van der Waals surface area contributed by atoms with E-state index in [0.29, 0.717) is 12.0 Å². The van der Waals surface area contributed by atoms with Crippen molar-refractivity contribution in [3.63, 3.8) is 0 Å². The average Bonchev–Trinajstić information content (AvgIpc) is 3.17. The quantitative estimate of drug-likeness (QED) is 0.907. The zero-order valence-corrected chi connectivity index (χ0v) is 12.9. The number of thiophene rings is 1. The summed E-state index contributed by atoms with van der Waals surface area (Å²) < 4.78 is 2.44. The second-order valence-electron chi connectivity index (χ2n) is 5.57. The van der Waals surface area contributed by atoms with Gasteiger partial charge in [0.25, 0.3) is 0 Å². The summed E-state index contributed by atoms with van der Waals surface area (Å²) in [5, 5.41) is 5.63. The number of hydrogen-bond acceptors (Lipinski definition) is 3. The first-order valence-electron chi connectivity index (χ1n) is 7.66. The Kier molecular flexibility index (Phi) is 4.53. The third-order valence-corrected chi connectivity index (χ3v) is 5.20. The fraction of sp³-hybridized carbons (Fsp3) is 0.562. The van der Waals surface area contributed by atoms with Crippen molar-refractivity contribution in [1.82, 2.24) is 14.9 Å². The lowest BCUT2D eigenvalue weighted by Gasteiger charge is -2.27. The van der Waals surface area contributed by atoms with Gasteiger partial charge in [0.15, 0.2) is 0 Å². The molecular weight excluding hydrogens is 266 g/mol. The maximum absolute atomic E-state index is 4.46. The lowest BCUT2D eigenvalue weighted by Crippen LogP contribution is -2.28. The van der Waals surface area contributed by atoms with Crippen molar-refractivity contribution in [2.45, 2.75) is 44.6 Å². The lowest BCUT2D eigenvalue weighted by molar-refractivity contribution is 0.423. The number of hydrogen-bond donors (Lipinski definition) is 1. The fourth-order valence-electron chi connectivity index (χ4n) is 3.18. The fourth-order valence-corrected chi connectivity index (χ4v) is 4.04. The molecule has 4 heteroatoms. The minimum atomic E-state index is 0.465. The van der Waals surface area contributed by atoms with E-state index in [2.05, 4.69) is 45.5 Å². The molecule has 20 heavy (non-hydrogen) atoms. The molecule has 0 aromatic carbocycles. The van der Waals surface area contributed by atoms with Crippen LogP contribution in [0.25, 0.3) is 0 Å². The molecule has 0 bridgehead atoms. The van der Waals surface area contributed by atoms with Crippen LogP contribution in [-0.4, -0.2) is 22.6 Å². The molecule has 1 aliphatic heterocycles. The molecule has 1 atom stereocenters. The molecule has 0 aliphatic carbocycles. The molecule has 3 heterocycles. The molecule has 1 fully saturated rings. The second kappa shape index (κ2) is 6.55. The van der Waals surface area contributed by atoms with Crippen LogP contribution < -0.4 is 5.32 Å². The average molecular weight is 289 g/mol.